The van der Waals surface area contributed by atoms with Crippen molar-refractivity contribution in [3.8, 4) is 0 Å². The molecule has 114 valence electrons. The molecule has 0 saturated carbocycles. The Labute approximate surface area is 129 Å². The molecule has 0 aliphatic carbocycles. The van der Waals surface area contributed by atoms with Gasteiger partial charge in [-0.15, -0.1) is 0 Å². The van der Waals surface area contributed by atoms with Gasteiger partial charge in [0, 0.05) is 16.7 Å². The van der Waals surface area contributed by atoms with E-state index in [9.17, 15) is 8.42 Å². The van der Waals surface area contributed by atoms with Crippen molar-refractivity contribution in [1.82, 2.24) is 9.62 Å². The average Bonchev–Trinajstić information content (AvgIpc) is 2.41. The Morgan fingerprint density at radius 2 is 1.95 bits per heavy atom. The number of sulfonamides is 1. The molecule has 0 saturated heterocycles. The first-order valence-corrected chi connectivity index (χ1v) is 8.95. The molecule has 5 nitrogen and oxygen atoms in total. The van der Waals surface area contributed by atoms with E-state index < -0.39 is 10.0 Å². The second-order valence-electron chi connectivity index (χ2n) is 4.47. The molecule has 0 aliphatic heterocycles. The van der Waals surface area contributed by atoms with Crippen molar-refractivity contribution >= 4 is 31.6 Å². The Balaban J connectivity index is 2.60. The van der Waals surface area contributed by atoms with Crippen LogP contribution in [0, 0.1) is 0 Å². The summed E-state index contributed by atoms with van der Waals surface area (Å²) in [7, 11) is -3.52. The number of benzene rings is 1. The first-order chi connectivity index (χ1) is 9.40. The molecule has 0 atom stereocenters. The lowest BCUT2D eigenvalue weighted by Gasteiger charge is -2.17. The predicted octanol–water partition coefficient (Wildman–Crippen LogP) is 2.04. The van der Waals surface area contributed by atoms with Gasteiger partial charge in [0.05, 0.1) is 4.90 Å². The molecule has 0 aromatic heterocycles. The third kappa shape index (κ3) is 5.05. The van der Waals surface area contributed by atoms with Crippen LogP contribution in [0.2, 0.25) is 0 Å². The van der Waals surface area contributed by atoms with Crippen molar-refractivity contribution < 1.29 is 8.42 Å². The monoisotopic (exact) mass is 363 g/mol. The first kappa shape index (κ1) is 17.4. The lowest BCUT2D eigenvalue weighted by atomic mass is 10.3. The molecular formula is C13H22BrN3O2S. The minimum atomic E-state index is -3.52. The number of nitrogens with zero attached hydrogens (tertiary/aromatic N) is 1. The normalized spacial score (nSPS) is 12.0. The Hall–Kier alpha value is -0.630. The van der Waals surface area contributed by atoms with Gasteiger partial charge in [-0.05, 0) is 60.2 Å². The van der Waals surface area contributed by atoms with Crippen molar-refractivity contribution in [2.45, 2.75) is 25.2 Å². The second kappa shape index (κ2) is 7.97. The fourth-order valence-electron chi connectivity index (χ4n) is 1.85. The summed E-state index contributed by atoms with van der Waals surface area (Å²) in [6, 6.07) is 4.75. The molecule has 0 amide bonds. The maximum Gasteiger partial charge on any atom is 0.241 e. The third-order valence-electron chi connectivity index (χ3n) is 3.08. The highest BCUT2D eigenvalue weighted by molar-refractivity contribution is 9.10. The van der Waals surface area contributed by atoms with Gasteiger partial charge < -0.3 is 10.6 Å². The van der Waals surface area contributed by atoms with Crippen molar-refractivity contribution in [2.75, 3.05) is 31.9 Å². The maximum absolute atomic E-state index is 12.2. The zero-order valence-electron chi connectivity index (χ0n) is 11.9. The van der Waals surface area contributed by atoms with Gasteiger partial charge >= 0.3 is 0 Å². The van der Waals surface area contributed by atoms with Crippen LogP contribution in [0.5, 0.6) is 0 Å². The number of nitrogen functional groups attached to an aromatic ring is 1. The van der Waals surface area contributed by atoms with E-state index in [0.717, 1.165) is 26.1 Å². The fourth-order valence-corrected chi connectivity index (χ4v) is 3.92. The van der Waals surface area contributed by atoms with Crippen molar-refractivity contribution in [3.05, 3.63) is 22.7 Å². The van der Waals surface area contributed by atoms with Gasteiger partial charge in [-0.3, -0.25) is 0 Å². The van der Waals surface area contributed by atoms with Crippen LogP contribution in [0.15, 0.2) is 27.6 Å². The third-order valence-corrected chi connectivity index (χ3v) is 5.54. The summed E-state index contributed by atoms with van der Waals surface area (Å²) in [5, 5.41) is 0. The highest BCUT2D eigenvalue weighted by Gasteiger charge is 2.17. The van der Waals surface area contributed by atoms with E-state index in [0.29, 0.717) is 16.7 Å². The highest BCUT2D eigenvalue weighted by Crippen LogP contribution is 2.23. The second-order valence-corrected chi connectivity index (χ2v) is 7.06. The van der Waals surface area contributed by atoms with E-state index in [-0.39, 0.29) is 4.90 Å². The minimum Gasteiger partial charge on any atom is -0.399 e. The molecular weight excluding hydrogens is 342 g/mol. The summed E-state index contributed by atoms with van der Waals surface area (Å²) >= 11 is 3.24. The average molecular weight is 364 g/mol. The van der Waals surface area contributed by atoms with Gasteiger partial charge in [0.1, 0.15) is 0 Å². The van der Waals surface area contributed by atoms with Gasteiger partial charge in [-0.2, -0.15) is 0 Å². The van der Waals surface area contributed by atoms with Crippen molar-refractivity contribution in [2.24, 2.45) is 0 Å². The van der Waals surface area contributed by atoms with Gasteiger partial charge in [0.25, 0.3) is 0 Å². The molecule has 0 aliphatic rings. The van der Waals surface area contributed by atoms with E-state index in [2.05, 4.69) is 39.4 Å². The number of hydrogen-bond donors (Lipinski definition) is 2. The van der Waals surface area contributed by atoms with E-state index >= 15 is 0 Å². The molecule has 0 unspecified atom stereocenters. The molecule has 0 spiro atoms. The maximum atomic E-state index is 12.2. The van der Waals surface area contributed by atoms with Crippen LogP contribution in [0.25, 0.3) is 0 Å². The molecule has 1 rings (SSSR count). The first-order valence-electron chi connectivity index (χ1n) is 6.67. The van der Waals surface area contributed by atoms with Crippen LogP contribution in [-0.2, 0) is 10.0 Å². The summed E-state index contributed by atoms with van der Waals surface area (Å²) in [4.78, 5) is 2.44. The lowest BCUT2D eigenvalue weighted by molar-refractivity contribution is 0.300. The summed E-state index contributed by atoms with van der Waals surface area (Å²) in [5.41, 5.74) is 6.06. The zero-order valence-corrected chi connectivity index (χ0v) is 14.3. The lowest BCUT2D eigenvalue weighted by Crippen LogP contribution is -2.30. The molecule has 0 radical (unpaired) electrons. The number of nitrogens with two attached hydrogens (primary N) is 1. The Kier molecular flexibility index (Phi) is 6.94. The van der Waals surface area contributed by atoms with E-state index in [4.69, 9.17) is 5.73 Å². The number of anilines is 1. The van der Waals surface area contributed by atoms with Gasteiger partial charge in [0.15, 0.2) is 0 Å². The van der Waals surface area contributed by atoms with Crippen LogP contribution in [0.3, 0.4) is 0 Å². The number of rotatable bonds is 8. The Morgan fingerprint density at radius 3 is 2.55 bits per heavy atom. The Bertz CT molecular complexity index is 530. The van der Waals surface area contributed by atoms with Gasteiger partial charge in [-0.1, -0.05) is 13.8 Å². The van der Waals surface area contributed by atoms with Gasteiger partial charge in [-0.25, -0.2) is 13.1 Å². The van der Waals surface area contributed by atoms with Crippen LogP contribution < -0.4 is 10.5 Å². The number of nitrogens with one attached hydrogen (secondary N) is 1. The highest BCUT2D eigenvalue weighted by atomic mass is 79.9. The molecule has 3 N–H and O–H groups in total. The number of hydrogen-bond acceptors (Lipinski definition) is 4. The summed E-state index contributed by atoms with van der Waals surface area (Å²) in [6.45, 7) is 7.44. The smallest absolute Gasteiger partial charge is 0.241 e. The summed E-state index contributed by atoms with van der Waals surface area (Å²) < 4.78 is 27.5. The van der Waals surface area contributed by atoms with E-state index in [1.54, 1.807) is 12.1 Å². The van der Waals surface area contributed by atoms with Crippen LogP contribution in [-0.4, -0.2) is 39.5 Å². The topological polar surface area (TPSA) is 75.4 Å². The standard InChI is InChI=1S/C13H22BrN3O2S/c1-3-17(4-2)9-5-8-16-20(18,19)13-10-11(15)6-7-12(13)14/h6-7,10,16H,3-5,8-9,15H2,1-2H3. The minimum absolute atomic E-state index is 0.181. The molecule has 7 heteroatoms. The van der Waals surface area contributed by atoms with Crippen LogP contribution in [0.4, 0.5) is 5.69 Å². The molecule has 0 heterocycles. The van der Waals surface area contributed by atoms with E-state index in [1.165, 1.54) is 6.07 Å². The van der Waals surface area contributed by atoms with Crippen LogP contribution in [0.1, 0.15) is 20.3 Å². The SMILES string of the molecule is CCN(CC)CCCNS(=O)(=O)c1cc(N)ccc1Br. The molecule has 1 aromatic rings. The molecule has 20 heavy (non-hydrogen) atoms. The summed E-state index contributed by atoms with van der Waals surface area (Å²) in [5.74, 6) is 0. The Morgan fingerprint density at radius 1 is 1.30 bits per heavy atom. The van der Waals surface area contributed by atoms with Crippen LogP contribution >= 0.6 is 15.9 Å². The van der Waals surface area contributed by atoms with Crippen molar-refractivity contribution in [1.29, 1.82) is 0 Å². The zero-order chi connectivity index (χ0) is 15.2. The quantitative estimate of drug-likeness (QED) is 0.547. The van der Waals surface area contributed by atoms with Crippen molar-refractivity contribution in [3.63, 3.8) is 0 Å². The van der Waals surface area contributed by atoms with Gasteiger partial charge in [0.2, 0.25) is 10.0 Å². The largest absolute Gasteiger partial charge is 0.399 e. The summed E-state index contributed by atoms with van der Waals surface area (Å²) in [6.07, 6.45) is 0.779. The predicted molar refractivity (Wildman–Crippen MR) is 86.1 cm³/mol. The molecule has 0 fully saturated rings. The van der Waals surface area contributed by atoms with E-state index in [1.807, 2.05) is 0 Å². The molecule has 1 aromatic carbocycles. The molecule has 0 bridgehead atoms. The fraction of sp³-hybridized carbons (Fsp3) is 0.538. The number of halogens is 1.